The topological polar surface area (TPSA) is 106 Å². The van der Waals surface area contributed by atoms with E-state index in [1.54, 1.807) is 6.92 Å². The molecule has 0 radical (unpaired) electrons. The molecule has 2 rings (SSSR count). The molecule has 32 heavy (non-hydrogen) atoms. The van der Waals surface area contributed by atoms with Crippen LogP contribution >= 0.6 is 23.2 Å². The molecule has 0 aliphatic heterocycles. The molecule has 0 saturated heterocycles. The number of anilines is 1. The first kappa shape index (κ1) is 25.7. The smallest absolute Gasteiger partial charge is 0.325 e. The number of nitrogens with zero attached hydrogens (tertiary/aromatic N) is 3. The lowest BCUT2D eigenvalue weighted by atomic mass is 10.1. The van der Waals surface area contributed by atoms with E-state index in [9.17, 15) is 14.4 Å². The molecular weight excluding hydrogens is 457 g/mol. The molecule has 0 aliphatic carbocycles. The van der Waals surface area contributed by atoms with Crippen LogP contribution in [-0.2, 0) is 32.6 Å². The van der Waals surface area contributed by atoms with Crippen LogP contribution in [0.4, 0.5) is 5.69 Å². The Morgan fingerprint density at radius 1 is 1.22 bits per heavy atom. The van der Waals surface area contributed by atoms with Crippen molar-refractivity contribution < 1.29 is 19.1 Å². The Hall–Kier alpha value is -2.52. The number of hydrogen-bond donors (Lipinski definition) is 2. The van der Waals surface area contributed by atoms with Crippen LogP contribution in [0.1, 0.15) is 19.7 Å². The van der Waals surface area contributed by atoms with Gasteiger partial charge in [0.1, 0.15) is 18.4 Å². The van der Waals surface area contributed by atoms with Crippen molar-refractivity contribution in [2.75, 3.05) is 42.9 Å². The van der Waals surface area contributed by atoms with Gasteiger partial charge in [-0.15, -0.1) is 23.2 Å². The van der Waals surface area contributed by atoms with Crippen molar-refractivity contribution in [1.29, 1.82) is 0 Å². The normalized spacial score (nSPS) is 11.8. The summed E-state index contributed by atoms with van der Waals surface area (Å²) in [7, 11) is 1.85. The fourth-order valence-electron chi connectivity index (χ4n) is 3.32. The number of halogens is 2. The van der Waals surface area contributed by atoms with Gasteiger partial charge in [-0.1, -0.05) is 0 Å². The Morgan fingerprint density at radius 2 is 1.91 bits per heavy atom. The summed E-state index contributed by atoms with van der Waals surface area (Å²) in [6.07, 6.45) is 0.155. The van der Waals surface area contributed by atoms with E-state index in [1.807, 2.05) is 29.8 Å². The van der Waals surface area contributed by atoms with Gasteiger partial charge in [0, 0.05) is 50.9 Å². The average Bonchev–Trinajstić information content (AvgIpc) is 3.06. The van der Waals surface area contributed by atoms with E-state index in [-0.39, 0.29) is 25.5 Å². The highest BCUT2D eigenvalue weighted by molar-refractivity contribution is 6.18. The van der Waals surface area contributed by atoms with E-state index in [0.29, 0.717) is 30.7 Å². The molecule has 11 heteroatoms. The standard InChI is InChI=1S/C21H29Cl2N5O4/c1-4-32-20(30)13-24-21(31)17(25-14(2)29)12-19-26-16-11-15(5-6-18(16)27(19)3)28(9-7-22)10-8-23/h5-6,11,17H,4,7-10,12-13H2,1-3H3,(H,24,31)(H,25,29). The summed E-state index contributed by atoms with van der Waals surface area (Å²) in [6.45, 7) is 4.27. The third-order valence-corrected chi connectivity index (χ3v) is 5.16. The number of hydrogen-bond acceptors (Lipinski definition) is 6. The lowest BCUT2D eigenvalue weighted by Gasteiger charge is -2.22. The molecule has 1 atom stereocenters. The minimum Gasteiger partial charge on any atom is -0.465 e. The zero-order valence-electron chi connectivity index (χ0n) is 18.5. The number of fused-ring (bicyclic) bond motifs is 1. The highest BCUT2D eigenvalue weighted by Gasteiger charge is 2.23. The molecule has 0 fully saturated rings. The molecule has 1 aromatic heterocycles. The van der Waals surface area contributed by atoms with E-state index in [2.05, 4.69) is 20.5 Å². The number of aryl methyl sites for hydroxylation is 1. The van der Waals surface area contributed by atoms with Crippen LogP contribution in [-0.4, -0.2) is 71.4 Å². The number of imidazole rings is 1. The van der Waals surface area contributed by atoms with Crippen LogP contribution in [0.3, 0.4) is 0 Å². The van der Waals surface area contributed by atoms with Crippen molar-refractivity contribution in [2.24, 2.45) is 7.05 Å². The maximum Gasteiger partial charge on any atom is 0.325 e. The first-order valence-corrected chi connectivity index (χ1v) is 11.4. The van der Waals surface area contributed by atoms with Crippen molar-refractivity contribution >= 4 is 57.7 Å². The summed E-state index contributed by atoms with van der Waals surface area (Å²) in [4.78, 5) is 42.6. The maximum absolute atomic E-state index is 12.6. The summed E-state index contributed by atoms with van der Waals surface area (Å²) in [5.74, 6) is 0.166. The molecule has 2 N–H and O–H groups in total. The van der Waals surface area contributed by atoms with Crippen molar-refractivity contribution in [3.63, 3.8) is 0 Å². The summed E-state index contributed by atoms with van der Waals surface area (Å²) < 4.78 is 6.69. The molecule has 0 bridgehead atoms. The minimum atomic E-state index is -0.888. The Bertz CT molecular complexity index is 944. The van der Waals surface area contributed by atoms with Gasteiger partial charge in [-0.05, 0) is 25.1 Å². The molecule has 176 valence electrons. The predicted molar refractivity (Wildman–Crippen MR) is 125 cm³/mol. The number of alkyl halides is 2. The number of amides is 2. The van der Waals surface area contributed by atoms with Gasteiger partial charge in [0.2, 0.25) is 11.8 Å². The highest BCUT2D eigenvalue weighted by atomic mass is 35.5. The number of carbonyl (C=O) groups is 3. The van der Waals surface area contributed by atoms with Crippen LogP contribution in [0.15, 0.2) is 18.2 Å². The van der Waals surface area contributed by atoms with Gasteiger partial charge in [0.25, 0.3) is 0 Å². The molecule has 0 saturated carbocycles. The molecule has 2 amide bonds. The van der Waals surface area contributed by atoms with Gasteiger partial charge in [-0.3, -0.25) is 14.4 Å². The second-order valence-electron chi connectivity index (χ2n) is 7.11. The summed E-state index contributed by atoms with van der Waals surface area (Å²) in [5, 5.41) is 5.13. The van der Waals surface area contributed by atoms with Gasteiger partial charge in [0.05, 0.1) is 17.6 Å². The van der Waals surface area contributed by atoms with Gasteiger partial charge in [0.15, 0.2) is 0 Å². The number of esters is 1. The summed E-state index contributed by atoms with van der Waals surface area (Å²) in [6, 6.07) is 4.99. The van der Waals surface area contributed by atoms with Gasteiger partial charge < -0.3 is 24.8 Å². The van der Waals surface area contributed by atoms with Gasteiger partial charge >= 0.3 is 5.97 Å². The van der Waals surface area contributed by atoms with Crippen LogP contribution in [0, 0.1) is 0 Å². The van der Waals surface area contributed by atoms with Crippen LogP contribution < -0.4 is 15.5 Å². The summed E-state index contributed by atoms with van der Waals surface area (Å²) in [5.41, 5.74) is 2.59. The quantitative estimate of drug-likeness (QED) is 0.349. The number of carbonyl (C=O) groups excluding carboxylic acids is 3. The molecule has 2 aromatic rings. The number of rotatable bonds is 12. The molecular formula is C21H29Cl2N5O4. The Kier molecular flexibility index (Phi) is 10.1. The van der Waals surface area contributed by atoms with Gasteiger partial charge in [-0.2, -0.15) is 0 Å². The van der Waals surface area contributed by atoms with E-state index in [0.717, 1.165) is 16.7 Å². The third kappa shape index (κ3) is 7.00. The number of nitrogens with one attached hydrogen (secondary N) is 2. The molecule has 0 aliphatic rings. The fourth-order valence-corrected chi connectivity index (χ4v) is 3.73. The van der Waals surface area contributed by atoms with Crippen LogP contribution in [0.25, 0.3) is 11.0 Å². The largest absolute Gasteiger partial charge is 0.465 e. The molecule has 1 aromatic carbocycles. The predicted octanol–water partition coefficient (Wildman–Crippen LogP) is 1.58. The van der Waals surface area contributed by atoms with Crippen molar-refractivity contribution in [3.05, 3.63) is 24.0 Å². The number of aromatic nitrogens is 2. The van der Waals surface area contributed by atoms with Crippen molar-refractivity contribution in [2.45, 2.75) is 26.3 Å². The summed E-state index contributed by atoms with van der Waals surface area (Å²) >= 11 is 11.8. The first-order valence-electron chi connectivity index (χ1n) is 10.3. The minimum absolute atomic E-state index is 0.155. The van der Waals surface area contributed by atoms with E-state index in [1.165, 1.54) is 6.92 Å². The molecule has 9 nitrogen and oxygen atoms in total. The fraction of sp³-hybridized carbons (Fsp3) is 0.524. The monoisotopic (exact) mass is 485 g/mol. The van der Waals surface area contributed by atoms with E-state index >= 15 is 0 Å². The Morgan fingerprint density at radius 3 is 2.50 bits per heavy atom. The van der Waals surface area contributed by atoms with Gasteiger partial charge in [-0.25, -0.2) is 4.98 Å². The molecule has 1 unspecified atom stereocenters. The number of benzene rings is 1. The second-order valence-corrected chi connectivity index (χ2v) is 7.86. The van der Waals surface area contributed by atoms with E-state index < -0.39 is 17.9 Å². The second kappa shape index (κ2) is 12.5. The van der Waals surface area contributed by atoms with Crippen LogP contribution in [0.5, 0.6) is 0 Å². The SMILES string of the molecule is CCOC(=O)CNC(=O)C(Cc1nc2cc(N(CCCl)CCCl)ccc2n1C)NC(C)=O. The zero-order chi connectivity index (χ0) is 23.7. The maximum atomic E-state index is 12.6. The lowest BCUT2D eigenvalue weighted by molar-refractivity contribution is -0.143. The number of ether oxygens (including phenoxy) is 1. The zero-order valence-corrected chi connectivity index (χ0v) is 20.0. The molecule has 1 heterocycles. The lowest BCUT2D eigenvalue weighted by Crippen LogP contribution is -2.49. The first-order chi connectivity index (χ1) is 15.3. The van der Waals surface area contributed by atoms with Crippen LogP contribution in [0.2, 0.25) is 0 Å². The highest BCUT2D eigenvalue weighted by Crippen LogP contribution is 2.23. The van der Waals surface area contributed by atoms with Crippen molar-refractivity contribution in [1.82, 2.24) is 20.2 Å². The van der Waals surface area contributed by atoms with Crippen molar-refractivity contribution in [3.8, 4) is 0 Å². The Balaban J connectivity index is 2.24. The Labute approximate surface area is 197 Å². The molecule has 0 spiro atoms. The average molecular weight is 486 g/mol. The third-order valence-electron chi connectivity index (χ3n) is 4.82. The van der Waals surface area contributed by atoms with E-state index in [4.69, 9.17) is 27.9 Å².